The molecule has 0 spiro atoms. The van der Waals surface area contributed by atoms with Gasteiger partial charge in [-0.15, -0.1) is 0 Å². The van der Waals surface area contributed by atoms with E-state index in [1.807, 2.05) is 0 Å². The van der Waals surface area contributed by atoms with Crippen molar-refractivity contribution in [2.75, 3.05) is 13.2 Å². The van der Waals surface area contributed by atoms with Gasteiger partial charge in [-0.2, -0.15) is 22.0 Å². The zero-order valence-corrected chi connectivity index (χ0v) is 16.5. The number of rotatable bonds is 5. The van der Waals surface area contributed by atoms with E-state index in [0.29, 0.717) is 37.6 Å². The van der Waals surface area contributed by atoms with Crippen molar-refractivity contribution in [3.8, 4) is 5.75 Å². The lowest BCUT2D eigenvalue weighted by Crippen LogP contribution is -2.42. The lowest BCUT2D eigenvalue weighted by molar-refractivity contribution is -0.385. The molecule has 0 aromatic heterocycles. The summed E-state index contributed by atoms with van der Waals surface area (Å²) in [6, 6.07) is 0.736. The van der Waals surface area contributed by atoms with Crippen LogP contribution >= 0.6 is 0 Å². The van der Waals surface area contributed by atoms with Gasteiger partial charge in [-0.05, 0) is 39.7 Å². The Bertz CT molecular complexity index is 807. The molecule has 0 saturated carbocycles. The van der Waals surface area contributed by atoms with Crippen molar-refractivity contribution in [2.45, 2.75) is 57.4 Å². The fourth-order valence-electron chi connectivity index (χ4n) is 2.91. The van der Waals surface area contributed by atoms with Gasteiger partial charge in [-0.3, -0.25) is 10.1 Å². The van der Waals surface area contributed by atoms with Crippen molar-refractivity contribution < 1.29 is 41.1 Å². The number of nitrogens with zero attached hydrogens (tertiary/aromatic N) is 2. The zero-order valence-electron chi connectivity index (χ0n) is 16.5. The van der Waals surface area contributed by atoms with Gasteiger partial charge in [0.2, 0.25) is 0 Å². The Morgan fingerprint density at radius 1 is 1.23 bits per heavy atom. The maximum absolute atomic E-state index is 13.9. The van der Waals surface area contributed by atoms with E-state index in [1.165, 1.54) is 4.90 Å². The van der Waals surface area contributed by atoms with E-state index in [1.54, 1.807) is 20.8 Å². The molecule has 1 atom stereocenters. The summed E-state index contributed by atoms with van der Waals surface area (Å²) < 4.78 is 76.6. The van der Waals surface area contributed by atoms with E-state index in [-0.39, 0.29) is 0 Å². The fraction of sp³-hybridized carbons (Fsp3) is 0.611. The molecule has 2 rings (SSSR count). The van der Waals surface area contributed by atoms with E-state index in [2.05, 4.69) is 0 Å². The first kappa shape index (κ1) is 23.6. The number of alkyl halides is 5. The minimum atomic E-state index is -5.92. The van der Waals surface area contributed by atoms with Crippen molar-refractivity contribution >= 4 is 11.8 Å². The van der Waals surface area contributed by atoms with Gasteiger partial charge >= 0.3 is 18.2 Å². The van der Waals surface area contributed by atoms with Gasteiger partial charge in [0.1, 0.15) is 18.0 Å². The maximum atomic E-state index is 13.9. The third-order valence-electron chi connectivity index (χ3n) is 4.31. The highest BCUT2D eigenvalue weighted by Crippen LogP contribution is 2.48. The Kier molecular flexibility index (Phi) is 6.48. The minimum absolute atomic E-state index is 0.295. The number of non-ortho nitro benzene ring substituents is 1. The molecule has 0 aliphatic carbocycles. The molecule has 1 heterocycles. The van der Waals surface area contributed by atoms with Crippen molar-refractivity contribution in [2.24, 2.45) is 0 Å². The van der Waals surface area contributed by atoms with Crippen molar-refractivity contribution in [1.82, 2.24) is 4.90 Å². The monoisotopic (exact) mass is 440 g/mol. The SMILES string of the molecule is CC(C)(C)OC(=O)N1CCC[C@@H]1COc1cc([N+](=O)[O-])ccc1C(F)(F)C(F)(F)F. The van der Waals surface area contributed by atoms with E-state index >= 15 is 0 Å². The summed E-state index contributed by atoms with van der Waals surface area (Å²) in [4.78, 5) is 23.5. The van der Waals surface area contributed by atoms with Crippen LogP contribution in [0.15, 0.2) is 18.2 Å². The van der Waals surface area contributed by atoms with Crippen LogP contribution in [0, 0.1) is 10.1 Å². The van der Waals surface area contributed by atoms with Gasteiger partial charge in [-0.25, -0.2) is 4.79 Å². The van der Waals surface area contributed by atoms with Crippen LogP contribution in [0.1, 0.15) is 39.2 Å². The Morgan fingerprint density at radius 3 is 2.40 bits per heavy atom. The highest BCUT2D eigenvalue weighted by Gasteiger charge is 2.60. The maximum Gasteiger partial charge on any atom is 0.458 e. The second kappa shape index (κ2) is 8.23. The predicted molar refractivity (Wildman–Crippen MR) is 94.5 cm³/mol. The van der Waals surface area contributed by atoms with E-state index in [0.717, 1.165) is 0 Å². The number of hydrogen-bond donors (Lipinski definition) is 0. The molecule has 30 heavy (non-hydrogen) atoms. The zero-order chi connectivity index (χ0) is 22.9. The number of hydrogen-bond acceptors (Lipinski definition) is 5. The van der Waals surface area contributed by atoms with Crippen molar-refractivity contribution in [3.63, 3.8) is 0 Å². The average molecular weight is 440 g/mol. The topological polar surface area (TPSA) is 81.9 Å². The molecule has 0 radical (unpaired) electrons. The van der Waals surface area contributed by atoms with Crippen LogP contribution in [0.4, 0.5) is 32.4 Å². The fourth-order valence-corrected chi connectivity index (χ4v) is 2.91. The standard InChI is InChI=1S/C18H21F5N2O5/c1-16(2,3)30-15(26)24-8-4-5-12(24)10-29-14-9-11(25(27)28)6-7-13(14)17(19,20)18(21,22)23/h6-7,9,12H,4-5,8,10H2,1-3H3/t12-/m1/s1. The molecule has 0 unspecified atom stereocenters. The molecule has 1 aliphatic rings. The number of amides is 1. The van der Waals surface area contributed by atoms with Crippen LogP contribution in [0.3, 0.4) is 0 Å². The molecule has 0 bridgehead atoms. The molecule has 0 N–H and O–H groups in total. The number of carbonyl (C=O) groups is 1. The Hall–Kier alpha value is -2.66. The molecule has 1 aliphatic heterocycles. The second-order valence-corrected chi connectivity index (χ2v) is 7.79. The normalized spacial score (nSPS) is 17.7. The van der Waals surface area contributed by atoms with Crippen LogP contribution in [0.2, 0.25) is 0 Å². The number of halogens is 5. The molecule has 1 fully saturated rings. The molecule has 1 aromatic rings. The van der Waals surface area contributed by atoms with Crippen LogP contribution in [-0.2, 0) is 10.7 Å². The highest BCUT2D eigenvalue weighted by molar-refractivity contribution is 5.69. The third-order valence-corrected chi connectivity index (χ3v) is 4.31. The lowest BCUT2D eigenvalue weighted by atomic mass is 10.1. The number of nitro benzene ring substituents is 1. The highest BCUT2D eigenvalue weighted by atomic mass is 19.4. The predicted octanol–water partition coefficient (Wildman–Crippen LogP) is 5.03. The smallest absolute Gasteiger partial charge is 0.458 e. The molecule has 1 saturated heterocycles. The first-order chi connectivity index (χ1) is 13.6. The quantitative estimate of drug-likeness (QED) is 0.365. The second-order valence-electron chi connectivity index (χ2n) is 7.79. The van der Waals surface area contributed by atoms with Crippen molar-refractivity contribution in [1.29, 1.82) is 0 Å². The number of nitro groups is 1. The first-order valence-corrected chi connectivity index (χ1v) is 8.99. The van der Waals surface area contributed by atoms with Gasteiger partial charge in [0.15, 0.2) is 0 Å². The molecular formula is C18H21F5N2O5. The summed E-state index contributed by atoms with van der Waals surface area (Å²) in [6.45, 7) is 4.83. The van der Waals surface area contributed by atoms with E-state index in [9.17, 15) is 36.9 Å². The summed E-state index contributed by atoms with van der Waals surface area (Å²) >= 11 is 0. The summed E-state index contributed by atoms with van der Waals surface area (Å²) in [5.41, 5.74) is -3.03. The third kappa shape index (κ3) is 5.28. The molecule has 1 aromatic carbocycles. The van der Waals surface area contributed by atoms with Crippen LogP contribution in [-0.4, -0.2) is 46.9 Å². The lowest BCUT2D eigenvalue weighted by Gasteiger charge is -2.29. The molecule has 7 nitrogen and oxygen atoms in total. The van der Waals surface area contributed by atoms with Gasteiger partial charge in [0.25, 0.3) is 5.69 Å². The van der Waals surface area contributed by atoms with E-state index < -0.39 is 58.4 Å². The number of carbonyl (C=O) groups excluding carboxylic acids is 1. The van der Waals surface area contributed by atoms with Gasteiger partial charge < -0.3 is 14.4 Å². The summed E-state index contributed by atoms with van der Waals surface area (Å²) in [5, 5.41) is 10.9. The molecular weight excluding hydrogens is 419 g/mol. The molecule has 168 valence electrons. The Balaban J connectivity index is 2.27. The van der Waals surface area contributed by atoms with Gasteiger partial charge in [0.05, 0.1) is 22.6 Å². The first-order valence-electron chi connectivity index (χ1n) is 8.99. The summed E-state index contributed by atoms with van der Waals surface area (Å²) in [7, 11) is 0. The Labute approximate surface area is 168 Å². The minimum Gasteiger partial charge on any atom is -0.491 e. The van der Waals surface area contributed by atoms with Gasteiger partial charge in [0, 0.05) is 12.6 Å². The molecule has 12 heteroatoms. The summed E-state index contributed by atoms with van der Waals surface area (Å²) in [5.74, 6) is -6.25. The number of benzene rings is 1. The van der Waals surface area contributed by atoms with Crippen LogP contribution in [0.5, 0.6) is 5.75 Å². The van der Waals surface area contributed by atoms with E-state index in [4.69, 9.17) is 9.47 Å². The number of ether oxygens (including phenoxy) is 2. The van der Waals surface area contributed by atoms with Crippen LogP contribution in [0.25, 0.3) is 0 Å². The largest absolute Gasteiger partial charge is 0.491 e. The van der Waals surface area contributed by atoms with Crippen molar-refractivity contribution in [3.05, 3.63) is 33.9 Å². The summed E-state index contributed by atoms with van der Waals surface area (Å²) in [6.07, 6.45) is -5.64. The average Bonchev–Trinajstić information content (AvgIpc) is 3.05. The number of likely N-dealkylation sites (tertiary alicyclic amines) is 1. The van der Waals surface area contributed by atoms with Gasteiger partial charge in [-0.1, -0.05) is 0 Å². The Morgan fingerprint density at radius 2 is 1.87 bits per heavy atom. The molecule has 1 amide bonds. The van der Waals surface area contributed by atoms with Crippen LogP contribution < -0.4 is 4.74 Å².